The zero-order valence-electron chi connectivity index (χ0n) is 9.81. The molecule has 0 amide bonds. The summed E-state index contributed by atoms with van der Waals surface area (Å²) in [6, 6.07) is 3.22. The number of ketones is 1. The molecule has 0 saturated carbocycles. The van der Waals surface area contributed by atoms with Gasteiger partial charge in [-0.1, -0.05) is 17.8 Å². The second-order valence-electron chi connectivity index (χ2n) is 3.68. The second-order valence-corrected chi connectivity index (χ2v) is 4.62. The Morgan fingerprint density at radius 2 is 2.05 bits per heavy atom. The Balaban J connectivity index is 2.14. The third-order valence-corrected chi connectivity index (χ3v) is 3.44. The molecule has 1 aromatic carbocycles. The Bertz CT molecular complexity index is 661. The van der Waals surface area contributed by atoms with E-state index in [1.165, 1.54) is 17.7 Å². The van der Waals surface area contributed by atoms with Gasteiger partial charge in [-0.15, -0.1) is 5.10 Å². The molecular weight excluding hydrogens is 276 g/mol. The number of carbonyl (C=O) groups is 1. The lowest BCUT2D eigenvalue weighted by Gasteiger charge is -2.03. The molecule has 1 N–H and O–H groups in total. The van der Waals surface area contributed by atoms with E-state index in [0.29, 0.717) is 0 Å². The summed E-state index contributed by atoms with van der Waals surface area (Å²) in [5.74, 6) is -2.71. The molecule has 0 aliphatic carbocycles. The van der Waals surface area contributed by atoms with Gasteiger partial charge < -0.3 is 0 Å². The van der Waals surface area contributed by atoms with E-state index in [1.54, 1.807) is 0 Å². The predicted molar refractivity (Wildman–Crippen MR) is 65.2 cm³/mol. The highest BCUT2D eigenvalue weighted by atomic mass is 32.2. The van der Waals surface area contributed by atoms with Crippen molar-refractivity contribution in [1.29, 1.82) is 0 Å². The van der Waals surface area contributed by atoms with Gasteiger partial charge >= 0.3 is 5.69 Å². The van der Waals surface area contributed by atoms with Crippen molar-refractivity contribution < 1.29 is 13.6 Å². The minimum absolute atomic E-state index is 0.212. The van der Waals surface area contributed by atoms with E-state index >= 15 is 0 Å². The lowest BCUT2D eigenvalue weighted by Crippen LogP contribution is -2.14. The molecule has 0 saturated heterocycles. The minimum Gasteiger partial charge on any atom is -0.293 e. The van der Waals surface area contributed by atoms with Crippen LogP contribution < -0.4 is 5.69 Å². The fraction of sp³-hybridized carbons (Fsp3) is 0.182. The fourth-order valence-corrected chi connectivity index (χ4v) is 2.22. The number of nitrogens with zero attached hydrogens (tertiary/aromatic N) is 2. The minimum atomic E-state index is -0.901. The highest BCUT2D eigenvalue weighted by Gasteiger charge is 2.18. The van der Waals surface area contributed by atoms with Crippen LogP contribution in [0.3, 0.4) is 0 Å². The van der Waals surface area contributed by atoms with E-state index in [2.05, 4.69) is 10.2 Å². The van der Waals surface area contributed by atoms with Gasteiger partial charge in [0.25, 0.3) is 0 Å². The SMILES string of the molecule is Cn1c(SCC(=O)c2c(F)cccc2F)n[nH]c1=O. The summed E-state index contributed by atoms with van der Waals surface area (Å²) in [5, 5.41) is 6.15. The highest BCUT2D eigenvalue weighted by Crippen LogP contribution is 2.18. The molecule has 0 radical (unpaired) electrons. The number of Topliss-reactive ketones (excluding diaryl/α,β-unsaturated/α-hetero) is 1. The number of rotatable bonds is 4. The Morgan fingerprint density at radius 1 is 1.42 bits per heavy atom. The second kappa shape index (κ2) is 5.35. The molecule has 2 aromatic rings. The third-order valence-electron chi connectivity index (χ3n) is 2.41. The van der Waals surface area contributed by atoms with Crippen molar-refractivity contribution in [3.8, 4) is 0 Å². The van der Waals surface area contributed by atoms with E-state index in [4.69, 9.17) is 0 Å². The largest absolute Gasteiger partial charge is 0.343 e. The molecule has 0 aliphatic rings. The van der Waals surface area contributed by atoms with Crippen LogP contribution in [0.5, 0.6) is 0 Å². The first-order valence-corrected chi connectivity index (χ1v) is 6.20. The molecule has 8 heteroatoms. The average molecular weight is 285 g/mol. The van der Waals surface area contributed by atoms with E-state index in [9.17, 15) is 18.4 Å². The van der Waals surface area contributed by atoms with Gasteiger partial charge in [0.15, 0.2) is 10.9 Å². The number of carbonyl (C=O) groups excluding carboxylic acids is 1. The molecule has 0 spiro atoms. The van der Waals surface area contributed by atoms with Crippen LogP contribution in [-0.4, -0.2) is 26.3 Å². The molecule has 0 aliphatic heterocycles. The van der Waals surface area contributed by atoms with Crippen molar-refractivity contribution in [3.05, 3.63) is 45.9 Å². The number of H-pyrrole nitrogens is 1. The number of hydrogen-bond donors (Lipinski definition) is 1. The third kappa shape index (κ3) is 2.73. The summed E-state index contributed by atoms with van der Waals surface area (Å²) < 4.78 is 27.9. The maximum absolute atomic E-state index is 13.4. The predicted octanol–water partition coefficient (Wildman–Crippen LogP) is 1.36. The van der Waals surface area contributed by atoms with Crippen LogP contribution >= 0.6 is 11.8 Å². The smallest absolute Gasteiger partial charge is 0.293 e. The number of benzene rings is 1. The summed E-state index contributed by atoms with van der Waals surface area (Å²) >= 11 is 0.926. The molecule has 1 heterocycles. The van der Waals surface area contributed by atoms with Crippen molar-refractivity contribution in [2.24, 2.45) is 7.05 Å². The quantitative estimate of drug-likeness (QED) is 0.680. The Kier molecular flexibility index (Phi) is 3.79. The molecule has 0 fully saturated rings. The Labute approximate surface area is 110 Å². The van der Waals surface area contributed by atoms with Crippen LogP contribution in [-0.2, 0) is 7.05 Å². The first-order chi connectivity index (χ1) is 9.00. The van der Waals surface area contributed by atoms with Gasteiger partial charge in [0.1, 0.15) is 11.6 Å². The molecular formula is C11H9F2N3O2S. The van der Waals surface area contributed by atoms with Crippen molar-refractivity contribution in [1.82, 2.24) is 14.8 Å². The Hall–Kier alpha value is -1.96. The van der Waals surface area contributed by atoms with Crippen LogP contribution in [0.4, 0.5) is 8.78 Å². The first kappa shape index (κ1) is 13.5. The van der Waals surface area contributed by atoms with E-state index in [0.717, 1.165) is 23.9 Å². The van der Waals surface area contributed by atoms with Crippen LogP contribution in [0.15, 0.2) is 28.2 Å². The van der Waals surface area contributed by atoms with Gasteiger partial charge in [0.2, 0.25) is 0 Å². The number of halogens is 2. The van der Waals surface area contributed by atoms with Crippen molar-refractivity contribution in [2.75, 3.05) is 5.75 Å². The molecule has 5 nitrogen and oxygen atoms in total. The Morgan fingerprint density at radius 3 is 2.58 bits per heavy atom. The van der Waals surface area contributed by atoms with Crippen LogP contribution in [0.25, 0.3) is 0 Å². The van der Waals surface area contributed by atoms with Crippen molar-refractivity contribution in [2.45, 2.75) is 5.16 Å². The molecule has 0 bridgehead atoms. The van der Waals surface area contributed by atoms with E-state index in [-0.39, 0.29) is 10.9 Å². The standard InChI is InChI=1S/C11H9F2N3O2S/c1-16-10(18)14-15-11(16)19-5-8(17)9-6(12)3-2-4-7(9)13/h2-4H,5H2,1H3,(H,14,18). The van der Waals surface area contributed by atoms with Crippen molar-refractivity contribution >= 4 is 17.5 Å². The highest BCUT2D eigenvalue weighted by molar-refractivity contribution is 7.99. The number of hydrogen-bond acceptors (Lipinski definition) is 4. The molecule has 19 heavy (non-hydrogen) atoms. The van der Waals surface area contributed by atoms with Crippen LogP contribution in [0.2, 0.25) is 0 Å². The molecule has 2 rings (SSSR count). The van der Waals surface area contributed by atoms with Crippen LogP contribution in [0.1, 0.15) is 10.4 Å². The lowest BCUT2D eigenvalue weighted by molar-refractivity contribution is 0.101. The first-order valence-electron chi connectivity index (χ1n) is 5.22. The molecule has 0 atom stereocenters. The van der Waals surface area contributed by atoms with Gasteiger partial charge in [-0.3, -0.25) is 9.36 Å². The summed E-state index contributed by atoms with van der Waals surface area (Å²) in [6.45, 7) is 0. The molecule has 1 aromatic heterocycles. The normalized spacial score (nSPS) is 10.7. The lowest BCUT2D eigenvalue weighted by atomic mass is 10.1. The topological polar surface area (TPSA) is 67.8 Å². The fourth-order valence-electron chi connectivity index (χ4n) is 1.43. The monoisotopic (exact) mass is 285 g/mol. The van der Waals surface area contributed by atoms with E-state index in [1.807, 2.05) is 0 Å². The average Bonchev–Trinajstić information content (AvgIpc) is 2.67. The van der Waals surface area contributed by atoms with Gasteiger partial charge in [-0.05, 0) is 12.1 Å². The van der Waals surface area contributed by atoms with Crippen molar-refractivity contribution in [3.63, 3.8) is 0 Å². The maximum atomic E-state index is 13.4. The number of nitrogens with one attached hydrogen (secondary N) is 1. The van der Waals surface area contributed by atoms with Gasteiger partial charge in [0, 0.05) is 7.05 Å². The maximum Gasteiger partial charge on any atom is 0.343 e. The number of thioether (sulfide) groups is 1. The molecule has 100 valence electrons. The summed E-state index contributed by atoms with van der Waals surface area (Å²) in [7, 11) is 1.47. The number of aromatic amines is 1. The summed E-state index contributed by atoms with van der Waals surface area (Å²) in [5.41, 5.74) is -0.998. The van der Waals surface area contributed by atoms with Gasteiger partial charge in [-0.2, -0.15) is 0 Å². The van der Waals surface area contributed by atoms with Crippen LogP contribution in [0, 0.1) is 11.6 Å². The summed E-state index contributed by atoms with van der Waals surface area (Å²) in [6.07, 6.45) is 0. The molecule has 0 unspecified atom stereocenters. The zero-order chi connectivity index (χ0) is 14.0. The number of aromatic nitrogens is 3. The zero-order valence-corrected chi connectivity index (χ0v) is 10.6. The van der Waals surface area contributed by atoms with Gasteiger partial charge in [-0.25, -0.2) is 18.7 Å². The van der Waals surface area contributed by atoms with E-state index < -0.39 is 28.7 Å². The van der Waals surface area contributed by atoms with Gasteiger partial charge in [0.05, 0.1) is 11.3 Å². The summed E-state index contributed by atoms with van der Waals surface area (Å²) in [4.78, 5) is 22.8.